The van der Waals surface area contributed by atoms with Crippen LogP contribution in [0, 0.1) is 17.1 Å². The number of aliphatic hydroxyl groups is 1. The fourth-order valence-electron chi connectivity index (χ4n) is 0.918. The van der Waals surface area contributed by atoms with Crippen LogP contribution in [0.3, 0.4) is 0 Å². The minimum Gasteiger partial charge on any atom is -0.387 e. The van der Waals surface area contributed by atoms with Gasteiger partial charge in [0.2, 0.25) is 0 Å². The standard InChI is InChI=1S/C9H8FNO/c10-8-3-1-2-7(6-8)9(12)4-5-11/h1-3,6,9,12H,4H2. The molecule has 1 aromatic rings. The highest BCUT2D eigenvalue weighted by Crippen LogP contribution is 2.16. The highest BCUT2D eigenvalue weighted by molar-refractivity contribution is 5.19. The molecule has 12 heavy (non-hydrogen) atoms. The molecule has 0 fully saturated rings. The van der Waals surface area contributed by atoms with Crippen LogP contribution >= 0.6 is 0 Å². The van der Waals surface area contributed by atoms with Gasteiger partial charge in [-0.3, -0.25) is 0 Å². The first-order valence-electron chi connectivity index (χ1n) is 3.54. The van der Waals surface area contributed by atoms with E-state index in [0.29, 0.717) is 5.56 Å². The third-order valence-electron chi connectivity index (χ3n) is 1.52. The van der Waals surface area contributed by atoms with Crippen LogP contribution in [0.1, 0.15) is 18.1 Å². The fraction of sp³-hybridized carbons (Fsp3) is 0.222. The summed E-state index contributed by atoms with van der Waals surface area (Å²) in [4.78, 5) is 0. The number of aliphatic hydroxyl groups excluding tert-OH is 1. The first-order chi connectivity index (χ1) is 5.74. The Morgan fingerprint density at radius 3 is 2.92 bits per heavy atom. The summed E-state index contributed by atoms with van der Waals surface area (Å²) < 4.78 is 12.6. The normalized spacial score (nSPS) is 12.1. The molecule has 0 saturated heterocycles. The highest BCUT2D eigenvalue weighted by Gasteiger charge is 2.06. The van der Waals surface area contributed by atoms with Gasteiger partial charge in [0, 0.05) is 0 Å². The summed E-state index contributed by atoms with van der Waals surface area (Å²) in [6.07, 6.45) is -0.894. The Morgan fingerprint density at radius 1 is 1.58 bits per heavy atom. The molecule has 0 amide bonds. The molecule has 0 aliphatic carbocycles. The average molecular weight is 165 g/mol. The number of benzene rings is 1. The van der Waals surface area contributed by atoms with Gasteiger partial charge in [0.1, 0.15) is 5.82 Å². The largest absolute Gasteiger partial charge is 0.387 e. The predicted molar refractivity (Wildman–Crippen MR) is 41.6 cm³/mol. The van der Waals surface area contributed by atoms with E-state index in [2.05, 4.69) is 0 Å². The van der Waals surface area contributed by atoms with Gasteiger partial charge in [0.25, 0.3) is 0 Å². The monoisotopic (exact) mass is 165 g/mol. The fourth-order valence-corrected chi connectivity index (χ4v) is 0.918. The van der Waals surface area contributed by atoms with E-state index in [1.165, 1.54) is 18.2 Å². The van der Waals surface area contributed by atoms with Crippen molar-refractivity contribution in [2.45, 2.75) is 12.5 Å². The Labute approximate surface area is 69.9 Å². The summed E-state index contributed by atoms with van der Waals surface area (Å²) >= 11 is 0. The first-order valence-corrected chi connectivity index (χ1v) is 3.54. The molecule has 3 heteroatoms. The molecule has 0 saturated carbocycles. The van der Waals surface area contributed by atoms with E-state index in [-0.39, 0.29) is 6.42 Å². The van der Waals surface area contributed by atoms with Crippen LogP contribution < -0.4 is 0 Å². The second-order valence-corrected chi connectivity index (χ2v) is 2.43. The Kier molecular flexibility index (Phi) is 2.78. The summed E-state index contributed by atoms with van der Waals surface area (Å²) in [5.74, 6) is -0.399. The van der Waals surface area contributed by atoms with Gasteiger partial charge in [-0.15, -0.1) is 0 Å². The van der Waals surface area contributed by atoms with E-state index in [0.717, 1.165) is 0 Å². The molecule has 1 unspecified atom stereocenters. The van der Waals surface area contributed by atoms with Crippen molar-refractivity contribution in [3.8, 4) is 6.07 Å². The van der Waals surface area contributed by atoms with Crippen LogP contribution in [0.2, 0.25) is 0 Å². The SMILES string of the molecule is N#CCC(O)c1cccc(F)c1. The molecule has 1 aromatic carbocycles. The molecule has 0 heterocycles. The smallest absolute Gasteiger partial charge is 0.123 e. The quantitative estimate of drug-likeness (QED) is 0.725. The molecule has 0 aliphatic rings. The minimum absolute atomic E-state index is 0.0105. The number of nitrogens with zero attached hydrogens (tertiary/aromatic N) is 1. The van der Waals surface area contributed by atoms with Gasteiger partial charge in [-0.05, 0) is 17.7 Å². The lowest BCUT2D eigenvalue weighted by Gasteiger charge is -2.05. The van der Waals surface area contributed by atoms with Gasteiger partial charge in [-0.1, -0.05) is 12.1 Å². The molecular formula is C9H8FNO. The number of hydrogen-bond acceptors (Lipinski definition) is 2. The molecule has 0 radical (unpaired) electrons. The Balaban J connectivity index is 2.82. The van der Waals surface area contributed by atoms with Crippen molar-refractivity contribution in [3.05, 3.63) is 35.6 Å². The second-order valence-electron chi connectivity index (χ2n) is 2.43. The summed E-state index contributed by atoms with van der Waals surface area (Å²) in [5, 5.41) is 17.5. The van der Waals surface area contributed by atoms with Gasteiger partial charge in [-0.25, -0.2) is 4.39 Å². The predicted octanol–water partition coefficient (Wildman–Crippen LogP) is 1.77. The number of nitriles is 1. The Bertz CT molecular complexity index is 306. The molecular weight excluding hydrogens is 157 g/mol. The Hall–Kier alpha value is -1.40. The second kappa shape index (κ2) is 3.84. The zero-order valence-electron chi connectivity index (χ0n) is 6.37. The van der Waals surface area contributed by atoms with E-state index in [4.69, 9.17) is 5.26 Å². The van der Waals surface area contributed by atoms with Crippen molar-refractivity contribution in [1.29, 1.82) is 5.26 Å². The Morgan fingerprint density at radius 2 is 2.33 bits per heavy atom. The van der Waals surface area contributed by atoms with Gasteiger partial charge in [-0.2, -0.15) is 5.26 Å². The maximum atomic E-state index is 12.6. The molecule has 0 spiro atoms. The van der Waals surface area contributed by atoms with Crippen molar-refractivity contribution >= 4 is 0 Å². The van der Waals surface area contributed by atoms with E-state index in [1.54, 1.807) is 6.07 Å². The van der Waals surface area contributed by atoms with Crippen LogP contribution in [0.5, 0.6) is 0 Å². The summed E-state index contributed by atoms with van der Waals surface area (Å²) in [6, 6.07) is 7.43. The minimum atomic E-state index is -0.884. The highest BCUT2D eigenvalue weighted by atomic mass is 19.1. The van der Waals surface area contributed by atoms with Gasteiger partial charge >= 0.3 is 0 Å². The molecule has 62 valence electrons. The third kappa shape index (κ3) is 2.04. The molecule has 0 aromatic heterocycles. The summed E-state index contributed by atoms with van der Waals surface area (Å²) in [5.41, 5.74) is 0.441. The van der Waals surface area contributed by atoms with Crippen molar-refractivity contribution in [2.24, 2.45) is 0 Å². The van der Waals surface area contributed by atoms with E-state index < -0.39 is 11.9 Å². The maximum absolute atomic E-state index is 12.6. The van der Waals surface area contributed by atoms with Crippen molar-refractivity contribution in [2.75, 3.05) is 0 Å². The zero-order valence-corrected chi connectivity index (χ0v) is 6.37. The van der Waals surface area contributed by atoms with E-state index >= 15 is 0 Å². The molecule has 1 rings (SSSR count). The molecule has 1 N–H and O–H groups in total. The molecule has 0 bridgehead atoms. The van der Waals surface area contributed by atoms with E-state index in [9.17, 15) is 9.50 Å². The average Bonchev–Trinajstić information content (AvgIpc) is 2.05. The first kappa shape index (κ1) is 8.69. The molecule has 0 aliphatic heterocycles. The van der Waals surface area contributed by atoms with Crippen LogP contribution in [0.15, 0.2) is 24.3 Å². The summed E-state index contributed by atoms with van der Waals surface area (Å²) in [7, 11) is 0. The van der Waals surface area contributed by atoms with Crippen molar-refractivity contribution < 1.29 is 9.50 Å². The topological polar surface area (TPSA) is 44.0 Å². The molecule has 1 atom stereocenters. The van der Waals surface area contributed by atoms with Gasteiger partial charge in [0.05, 0.1) is 18.6 Å². The lowest BCUT2D eigenvalue weighted by molar-refractivity contribution is 0.183. The lowest BCUT2D eigenvalue weighted by atomic mass is 10.1. The zero-order chi connectivity index (χ0) is 8.97. The van der Waals surface area contributed by atoms with Gasteiger partial charge in [0.15, 0.2) is 0 Å². The third-order valence-corrected chi connectivity index (χ3v) is 1.52. The number of hydrogen-bond donors (Lipinski definition) is 1. The summed E-state index contributed by atoms with van der Waals surface area (Å²) in [6.45, 7) is 0. The van der Waals surface area contributed by atoms with Crippen LogP contribution in [0.4, 0.5) is 4.39 Å². The van der Waals surface area contributed by atoms with Crippen molar-refractivity contribution in [3.63, 3.8) is 0 Å². The van der Waals surface area contributed by atoms with Crippen LogP contribution in [-0.4, -0.2) is 5.11 Å². The van der Waals surface area contributed by atoms with Crippen LogP contribution in [0.25, 0.3) is 0 Å². The lowest BCUT2D eigenvalue weighted by Crippen LogP contribution is -1.95. The van der Waals surface area contributed by atoms with Crippen LogP contribution in [-0.2, 0) is 0 Å². The van der Waals surface area contributed by atoms with Gasteiger partial charge < -0.3 is 5.11 Å². The maximum Gasteiger partial charge on any atom is 0.123 e. The number of rotatable bonds is 2. The number of halogens is 1. The molecule has 2 nitrogen and oxygen atoms in total. The van der Waals surface area contributed by atoms with E-state index in [1.807, 2.05) is 6.07 Å². The van der Waals surface area contributed by atoms with Crippen molar-refractivity contribution in [1.82, 2.24) is 0 Å².